The Morgan fingerprint density at radius 1 is 1.42 bits per heavy atom. The van der Waals surface area contributed by atoms with Crippen molar-refractivity contribution in [2.45, 2.75) is 0 Å². The van der Waals surface area contributed by atoms with Gasteiger partial charge in [-0.2, -0.15) is 0 Å². The second-order valence-corrected chi connectivity index (χ2v) is 2.26. The molecule has 5 heteroatoms. The fraction of sp³-hybridized carbons (Fsp3) is 0. The molecule has 4 nitrogen and oxygen atoms in total. The number of rotatable bonds is 2. The van der Waals surface area contributed by atoms with Crippen LogP contribution in [0, 0.1) is 0 Å². The first-order chi connectivity index (χ1) is 5.79. The Labute approximate surface area is 70.1 Å². The van der Waals surface area contributed by atoms with Gasteiger partial charge in [-0.05, 0) is 11.5 Å². The van der Waals surface area contributed by atoms with E-state index in [0.29, 0.717) is 5.46 Å². The van der Waals surface area contributed by atoms with Crippen LogP contribution >= 0.6 is 0 Å². The van der Waals surface area contributed by atoms with Crippen LogP contribution in [0.1, 0.15) is 10.4 Å². The van der Waals surface area contributed by atoms with E-state index in [1.165, 1.54) is 11.5 Å². The van der Waals surface area contributed by atoms with Crippen LogP contribution in [0.15, 0.2) is 24.3 Å². The van der Waals surface area contributed by atoms with Crippen LogP contribution in [0.4, 0.5) is 0 Å². The van der Waals surface area contributed by atoms with Crippen LogP contribution in [0.3, 0.4) is 0 Å². The van der Waals surface area contributed by atoms with Crippen molar-refractivity contribution >= 4 is 18.9 Å². The van der Waals surface area contributed by atoms with Gasteiger partial charge >= 0.3 is 7.48 Å². The van der Waals surface area contributed by atoms with Crippen LogP contribution in [-0.2, 0) is 0 Å². The number of amides is 1. The van der Waals surface area contributed by atoms with Crippen molar-refractivity contribution in [3.8, 4) is 0 Å². The normalized spacial score (nSPS) is 9.17. The van der Waals surface area contributed by atoms with Gasteiger partial charge in [-0.15, -0.1) is 0 Å². The van der Waals surface area contributed by atoms with Gasteiger partial charge in [0, 0.05) is 5.56 Å². The molecule has 1 amide bonds. The highest BCUT2D eigenvalue weighted by molar-refractivity contribution is 6.48. The minimum absolute atomic E-state index is 0.219. The summed E-state index contributed by atoms with van der Waals surface area (Å²) < 4.78 is 0. The average Bonchev–Trinajstić information content (AvgIpc) is 2.16. The molecule has 3 N–H and O–H groups in total. The van der Waals surface area contributed by atoms with Gasteiger partial charge in [-0.1, -0.05) is 18.2 Å². The minimum Gasteiger partial charge on any atom is -0.449 e. The van der Waals surface area contributed by atoms with Gasteiger partial charge in [-0.25, -0.2) is 5.48 Å². The number of hydrogen-bond donors (Lipinski definition) is 3. The smallest absolute Gasteiger partial charge is 0.305 e. The van der Waals surface area contributed by atoms with Crippen molar-refractivity contribution in [2.24, 2.45) is 0 Å². The van der Waals surface area contributed by atoms with Crippen molar-refractivity contribution in [3.05, 3.63) is 29.8 Å². The lowest BCUT2D eigenvalue weighted by Crippen LogP contribution is -2.29. The van der Waals surface area contributed by atoms with E-state index < -0.39 is 5.91 Å². The quantitative estimate of drug-likeness (QED) is 0.292. The molecule has 0 aromatic heterocycles. The number of hydrogen-bond acceptors (Lipinski definition) is 3. The maximum absolute atomic E-state index is 10.9. The number of carbonyl (C=O) groups is 1. The fourth-order valence-electron chi connectivity index (χ4n) is 0.940. The van der Waals surface area contributed by atoms with Gasteiger partial charge in [-0.3, -0.25) is 10.0 Å². The first kappa shape index (κ1) is 8.77. The average molecular weight is 165 g/mol. The molecule has 0 fully saturated rings. The molecular weight excluding hydrogens is 157 g/mol. The van der Waals surface area contributed by atoms with Gasteiger partial charge in [0.25, 0.3) is 5.91 Å². The first-order valence-electron chi connectivity index (χ1n) is 3.42. The zero-order valence-corrected chi connectivity index (χ0v) is 6.32. The molecule has 0 radical (unpaired) electrons. The van der Waals surface area contributed by atoms with Crippen molar-refractivity contribution in [1.82, 2.24) is 5.48 Å². The zero-order chi connectivity index (χ0) is 8.97. The lowest BCUT2D eigenvalue weighted by atomic mass is 9.84. The summed E-state index contributed by atoms with van der Waals surface area (Å²) in [5, 5.41) is 17.1. The second-order valence-electron chi connectivity index (χ2n) is 2.26. The predicted molar refractivity (Wildman–Crippen MR) is 44.7 cm³/mol. The maximum atomic E-state index is 10.9. The number of nitrogens with one attached hydrogen (secondary N) is 1. The molecule has 1 aromatic carbocycles. The molecule has 12 heavy (non-hydrogen) atoms. The molecule has 0 aliphatic rings. The highest BCUT2D eigenvalue weighted by atomic mass is 16.5. The Kier molecular flexibility index (Phi) is 2.84. The Hall–Kier alpha value is -1.33. The molecule has 0 saturated heterocycles. The third-order valence-electron chi connectivity index (χ3n) is 1.53. The van der Waals surface area contributed by atoms with Gasteiger partial charge in [0.1, 0.15) is 0 Å². The Morgan fingerprint density at radius 2 is 2.08 bits per heavy atom. The minimum atomic E-state index is -0.611. The van der Waals surface area contributed by atoms with E-state index in [9.17, 15) is 4.79 Å². The first-order valence-corrected chi connectivity index (χ1v) is 3.42. The molecular formula is C7H8BNO3. The molecule has 62 valence electrons. The van der Waals surface area contributed by atoms with Crippen molar-refractivity contribution in [3.63, 3.8) is 0 Å². The molecule has 1 aromatic rings. The SMILES string of the molecule is O=C(NO)c1ccccc1BO. The third kappa shape index (κ3) is 1.64. The lowest BCUT2D eigenvalue weighted by Gasteiger charge is -2.02. The van der Waals surface area contributed by atoms with Gasteiger partial charge in [0.05, 0.1) is 0 Å². The monoisotopic (exact) mass is 165 g/mol. The van der Waals surface area contributed by atoms with E-state index in [1.54, 1.807) is 18.2 Å². The van der Waals surface area contributed by atoms with Gasteiger partial charge < -0.3 is 5.02 Å². The zero-order valence-electron chi connectivity index (χ0n) is 6.32. The molecule has 0 bridgehead atoms. The van der Waals surface area contributed by atoms with Gasteiger partial charge in [0.15, 0.2) is 0 Å². The van der Waals surface area contributed by atoms with E-state index >= 15 is 0 Å². The molecule has 0 spiro atoms. The topological polar surface area (TPSA) is 69.6 Å². The highest BCUT2D eigenvalue weighted by Crippen LogP contribution is 1.94. The second kappa shape index (κ2) is 3.89. The summed E-state index contributed by atoms with van der Waals surface area (Å²) in [7, 11) is -0.219. The Balaban J connectivity index is 3.04. The molecule has 0 heterocycles. The summed E-state index contributed by atoms with van der Waals surface area (Å²) in [4.78, 5) is 10.9. The Morgan fingerprint density at radius 3 is 2.67 bits per heavy atom. The van der Waals surface area contributed by atoms with E-state index in [0.717, 1.165) is 0 Å². The van der Waals surface area contributed by atoms with Crippen LogP contribution in [-0.4, -0.2) is 23.6 Å². The number of benzene rings is 1. The molecule has 0 aliphatic carbocycles. The lowest BCUT2D eigenvalue weighted by molar-refractivity contribution is 0.0707. The van der Waals surface area contributed by atoms with E-state index in [4.69, 9.17) is 10.2 Å². The largest absolute Gasteiger partial charge is 0.449 e. The predicted octanol–water partition coefficient (Wildman–Crippen LogP) is -1.23. The standard InChI is InChI=1S/C7H8BNO3/c10-7(9-12)5-3-1-2-4-6(5)8-11/h1-4,8,11-12H,(H,9,10). The summed E-state index contributed by atoms with van der Waals surface area (Å²) in [6.07, 6.45) is 0. The summed E-state index contributed by atoms with van der Waals surface area (Å²) in [6, 6.07) is 6.51. The van der Waals surface area contributed by atoms with Crippen LogP contribution in [0.25, 0.3) is 0 Å². The summed E-state index contributed by atoms with van der Waals surface area (Å²) in [6.45, 7) is 0. The van der Waals surface area contributed by atoms with E-state index in [-0.39, 0.29) is 13.0 Å². The van der Waals surface area contributed by atoms with Crippen LogP contribution < -0.4 is 10.9 Å². The molecule has 0 aliphatic heterocycles. The molecule has 0 unspecified atom stereocenters. The number of carbonyl (C=O) groups excluding carboxylic acids is 1. The summed E-state index contributed by atoms with van der Waals surface area (Å²) in [5.41, 5.74) is 2.28. The third-order valence-corrected chi connectivity index (χ3v) is 1.53. The van der Waals surface area contributed by atoms with Crippen LogP contribution in [0.5, 0.6) is 0 Å². The summed E-state index contributed by atoms with van der Waals surface area (Å²) >= 11 is 0. The Bertz CT molecular complexity index is 290. The molecule has 1 rings (SSSR count). The van der Waals surface area contributed by atoms with Gasteiger partial charge in [0.2, 0.25) is 0 Å². The molecule has 0 atom stereocenters. The van der Waals surface area contributed by atoms with E-state index in [1.807, 2.05) is 0 Å². The van der Waals surface area contributed by atoms with E-state index in [2.05, 4.69) is 0 Å². The maximum Gasteiger partial charge on any atom is 0.305 e. The highest BCUT2D eigenvalue weighted by Gasteiger charge is 2.08. The fourth-order valence-corrected chi connectivity index (χ4v) is 0.940. The van der Waals surface area contributed by atoms with Crippen molar-refractivity contribution in [1.29, 1.82) is 0 Å². The summed E-state index contributed by atoms with van der Waals surface area (Å²) in [5.74, 6) is -0.611. The van der Waals surface area contributed by atoms with Crippen molar-refractivity contribution < 1.29 is 15.0 Å². The van der Waals surface area contributed by atoms with Crippen molar-refractivity contribution in [2.75, 3.05) is 0 Å². The number of hydroxylamine groups is 1. The molecule has 0 saturated carbocycles. The van der Waals surface area contributed by atoms with Crippen LogP contribution in [0.2, 0.25) is 0 Å².